The topological polar surface area (TPSA) is 114 Å². The number of aliphatic carboxylic acids is 1. The van der Waals surface area contributed by atoms with Crippen LogP contribution in [0, 0.1) is 5.92 Å². The normalized spacial score (nSPS) is 18.1. The molecule has 8 nitrogen and oxygen atoms in total. The summed E-state index contributed by atoms with van der Waals surface area (Å²) in [4.78, 5) is 37.7. The SMILES string of the molecule is COCC(C)(NC(=O)OCC1c2ccccc2-c2ccccc21)C(=O)NC(C)(C(=O)O)C1CC1. The van der Waals surface area contributed by atoms with Crippen molar-refractivity contribution in [2.75, 3.05) is 20.3 Å². The number of methoxy groups -OCH3 is 1. The molecule has 2 atom stereocenters. The molecule has 3 N–H and O–H groups in total. The van der Waals surface area contributed by atoms with Crippen molar-refractivity contribution in [2.45, 2.75) is 43.7 Å². The largest absolute Gasteiger partial charge is 0.480 e. The Morgan fingerprint density at radius 3 is 2.03 bits per heavy atom. The van der Waals surface area contributed by atoms with E-state index in [1.807, 2.05) is 48.5 Å². The van der Waals surface area contributed by atoms with Gasteiger partial charge in [0.05, 0.1) is 6.61 Å². The van der Waals surface area contributed by atoms with Gasteiger partial charge in [-0.25, -0.2) is 9.59 Å². The highest BCUT2D eigenvalue weighted by molar-refractivity contribution is 5.94. The average Bonchev–Trinajstić information content (AvgIpc) is 3.61. The van der Waals surface area contributed by atoms with Gasteiger partial charge in [0, 0.05) is 13.0 Å². The summed E-state index contributed by atoms with van der Waals surface area (Å²) in [5, 5.41) is 14.9. The molecule has 2 aliphatic rings. The molecule has 0 aliphatic heterocycles. The number of hydrogen-bond donors (Lipinski definition) is 3. The highest BCUT2D eigenvalue weighted by Gasteiger charge is 2.51. The molecule has 2 amide bonds. The molecular formula is C26H30N2O6. The number of carboxylic acids is 1. The van der Waals surface area contributed by atoms with Crippen molar-refractivity contribution in [3.63, 3.8) is 0 Å². The molecule has 0 spiro atoms. The first-order valence-electron chi connectivity index (χ1n) is 11.4. The molecule has 2 aromatic carbocycles. The van der Waals surface area contributed by atoms with Gasteiger partial charge >= 0.3 is 12.1 Å². The molecule has 1 saturated carbocycles. The molecule has 2 unspecified atom stereocenters. The number of fused-ring (bicyclic) bond motifs is 3. The fourth-order valence-corrected chi connectivity index (χ4v) is 4.67. The van der Waals surface area contributed by atoms with Crippen molar-refractivity contribution in [3.05, 3.63) is 59.7 Å². The van der Waals surface area contributed by atoms with Gasteiger partial charge in [0.1, 0.15) is 17.7 Å². The first-order valence-corrected chi connectivity index (χ1v) is 11.4. The van der Waals surface area contributed by atoms with Crippen LogP contribution in [0.2, 0.25) is 0 Å². The Morgan fingerprint density at radius 1 is 0.971 bits per heavy atom. The van der Waals surface area contributed by atoms with Gasteiger partial charge < -0.3 is 25.2 Å². The second kappa shape index (κ2) is 9.10. The summed E-state index contributed by atoms with van der Waals surface area (Å²) in [7, 11) is 1.40. The number of hydrogen-bond acceptors (Lipinski definition) is 5. The summed E-state index contributed by atoms with van der Waals surface area (Å²) in [5.41, 5.74) is 1.47. The zero-order chi connectivity index (χ0) is 24.5. The first-order chi connectivity index (χ1) is 16.2. The van der Waals surface area contributed by atoms with Gasteiger partial charge in [0.2, 0.25) is 5.91 Å². The van der Waals surface area contributed by atoms with Gasteiger partial charge in [0.15, 0.2) is 0 Å². The number of ether oxygens (including phenoxy) is 2. The summed E-state index contributed by atoms with van der Waals surface area (Å²) in [5.74, 6) is -2.01. The molecule has 34 heavy (non-hydrogen) atoms. The lowest BCUT2D eigenvalue weighted by Crippen LogP contribution is -2.65. The molecule has 0 radical (unpaired) electrons. The molecular weight excluding hydrogens is 436 g/mol. The van der Waals surface area contributed by atoms with Crippen molar-refractivity contribution in [2.24, 2.45) is 5.92 Å². The monoisotopic (exact) mass is 466 g/mol. The third kappa shape index (κ3) is 4.37. The van der Waals surface area contributed by atoms with Gasteiger partial charge in [-0.05, 0) is 54.9 Å². The Morgan fingerprint density at radius 2 is 1.53 bits per heavy atom. The van der Waals surface area contributed by atoms with Crippen molar-refractivity contribution in [1.29, 1.82) is 0 Å². The standard InChI is InChI=1S/C26H30N2O6/c1-25(15-33-3,22(29)27-26(2,23(30)31)16-12-13-16)28-24(32)34-14-21-19-10-6-4-8-17(19)18-9-5-7-11-20(18)21/h4-11,16,21H,12-15H2,1-3H3,(H,27,29)(H,28,32)(H,30,31). The van der Waals surface area contributed by atoms with Crippen LogP contribution in [0.25, 0.3) is 11.1 Å². The summed E-state index contributed by atoms with van der Waals surface area (Å²) >= 11 is 0. The number of carbonyl (C=O) groups excluding carboxylic acids is 2. The summed E-state index contributed by atoms with van der Waals surface area (Å²) in [6.07, 6.45) is 0.674. The van der Waals surface area contributed by atoms with E-state index >= 15 is 0 Å². The Balaban J connectivity index is 1.45. The second-order valence-corrected chi connectivity index (χ2v) is 9.45. The predicted molar refractivity (Wildman–Crippen MR) is 125 cm³/mol. The average molecular weight is 467 g/mol. The first kappa shape index (κ1) is 23.8. The molecule has 2 aromatic rings. The Labute approximate surface area is 198 Å². The van der Waals surface area contributed by atoms with E-state index in [0.29, 0.717) is 0 Å². The van der Waals surface area contributed by atoms with E-state index in [9.17, 15) is 19.5 Å². The number of amides is 2. The highest BCUT2D eigenvalue weighted by atomic mass is 16.5. The summed E-state index contributed by atoms with van der Waals surface area (Å²) in [6.45, 7) is 2.93. The van der Waals surface area contributed by atoms with Gasteiger partial charge in [-0.15, -0.1) is 0 Å². The fraction of sp³-hybridized carbons (Fsp3) is 0.423. The zero-order valence-corrected chi connectivity index (χ0v) is 19.6. The summed E-state index contributed by atoms with van der Waals surface area (Å²) in [6, 6.07) is 16.0. The Hall–Kier alpha value is -3.39. The highest BCUT2D eigenvalue weighted by Crippen LogP contribution is 2.44. The number of rotatable bonds is 9. The maximum absolute atomic E-state index is 13.1. The van der Waals surface area contributed by atoms with Crippen LogP contribution < -0.4 is 10.6 Å². The maximum Gasteiger partial charge on any atom is 0.408 e. The van der Waals surface area contributed by atoms with Gasteiger partial charge in [-0.2, -0.15) is 0 Å². The van der Waals surface area contributed by atoms with Crippen LogP contribution in [0.1, 0.15) is 43.7 Å². The molecule has 0 heterocycles. The van der Waals surface area contributed by atoms with Crippen LogP contribution in [-0.4, -0.2) is 54.5 Å². The van der Waals surface area contributed by atoms with E-state index in [0.717, 1.165) is 35.1 Å². The molecule has 180 valence electrons. The number of alkyl carbamates (subject to hydrolysis) is 1. The van der Waals surface area contributed by atoms with E-state index in [1.165, 1.54) is 21.0 Å². The second-order valence-electron chi connectivity index (χ2n) is 9.45. The number of carbonyl (C=O) groups is 3. The van der Waals surface area contributed by atoms with Crippen molar-refractivity contribution < 1.29 is 29.0 Å². The number of nitrogens with one attached hydrogen (secondary N) is 2. The van der Waals surface area contributed by atoms with Crippen LogP contribution in [0.5, 0.6) is 0 Å². The van der Waals surface area contributed by atoms with Crippen LogP contribution in [0.4, 0.5) is 4.79 Å². The molecule has 8 heteroatoms. The number of benzene rings is 2. The van der Waals surface area contributed by atoms with Crippen LogP contribution in [0.3, 0.4) is 0 Å². The molecule has 0 aromatic heterocycles. The minimum atomic E-state index is -1.51. The molecule has 1 fully saturated rings. The zero-order valence-electron chi connectivity index (χ0n) is 19.6. The third-order valence-corrected chi connectivity index (χ3v) is 6.87. The minimum absolute atomic E-state index is 0.0967. The van der Waals surface area contributed by atoms with Gasteiger partial charge in [-0.1, -0.05) is 48.5 Å². The lowest BCUT2D eigenvalue weighted by molar-refractivity contribution is -0.149. The van der Waals surface area contributed by atoms with Crippen LogP contribution >= 0.6 is 0 Å². The van der Waals surface area contributed by atoms with E-state index in [4.69, 9.17) is 9.47 Å². The van der Waals surface area contributed by atoms with Crippen molar-refractivity contribution in [3.8, 4) is 11.1 Å². The van der Waals surface area contributed by atoms with E-state index in [-0.39, 0.29) is 25.0 Å². The maximum atomic E-state index is 13.1. The third-order valence-electron chi connectivity index (χ3n) is 6.87. The predicted octanol–water partition coefficient (Wildman–Crippen LogP) is 3.30. The molecule has 0 saturated heterocycles. The molecule has 4 rings (SSSR count). The minimum Gasteiger partial charge on any atom is -0.480 e. The Bertz CT molecular complexity index is 1070. The summed E-state index contributed by atoms with van der Waals surface area (Å²) < 4.78 is 10.7. The lowest BCUT2D eigenvalue weighted by atomic mass is 9.93. The fourth-order valence-electron chi connectivity index (χ4n) is 4.67. The van der Waals surface area contributed by atoms with Gasteiger partial charge in [-0.3, -0.25) is 4.79 Å². The van der Waals surface area contributed by atoms with Gasteiger partial charge in [0.25, 0.3) is 0 Å². The van der Waals surface area contributed by atoms with Crippen molar-refractivity contribution >= 4 is 18.0 Å². The van der Waals surface area contributed by atoms with E-state index in [1.54, 1.807) is 0 Å². The molecule has 0 bridgehead atoms. The Kier molecular flexibility index (Phi) is 6.36. The van der Waals surface area contributed by atoms with Crippen LogP contribution in [0.15, 0.2) is 48.5 Å². The smallest absolute Gasteiger partial charge is 0.408 e. The lowest BCUT2D eigenvalue weighted by Gasteiger charge is -2.34. The molecule has 2 aliphatic carbocycles. The van der Waals surface area contributed by atoms with Crippen LogP contribution in [-0.2, 0) is 19.1 Å². The van der Waals surface area contributed by atoms with Crippen molar-refractivity contribution in [1.82, 2.24) is 10.6 Å². The van der Waals surface area contributed by atoms with E-state index in [2.05, 4.69) is 10.6 Å². The quantitative estimate of drug-likeness (QED) is 0.523. The van der Waals surface area contributed by atoms with E-state index < -0.39 is 29.0 Å². The number of carboxylic acid groups (broad SMARTS) is 1.